The van der Waals surface area contributed by atoms with Gasteiger partial charge in [-0.3, -0.25) is 14.5 Å². The van der Waals surface area contributed by atoms with Crippen LogP contribution in [0.3, 0.4) is 0 Å². The second-order valence-corrected chi connectivity index (χ2v) is 9.65. The number of anilines is 2. The van der Waals surface area contributed by atoms with Crippen molar-refractivity contribution in [2.75, 3.05) is 56.2 Å². The van der Waals surface area contributed by atoms with Gasteiger partial charge in [0.1, 0.15) is 12.6 Å². The second kappa shape index (κ2) is 9.97. The van der Waals surface area contributed by atoms with E-state index < -0.39 is 10.0 Å². The molecule has 1 aromatic carbocycles. The lowest BCUT2D eigenvalue weighted by molar-refractivity contribution is -0.125. The highest BCUT2D eigenvalue weighted by atomic mass is 32.2. The molecule has 0 radical (unpaired) electrons. The van der Waals surface area contributed by atoms with Gasteiger partial charge in [-0.2, -0.15) is 4.31 Å². The molecule has 1 fully saturated rings. The highest BCUT2D eigenvalue weighted by Gasteiger charge is 2.40. The van der Waals surface area contributed by atoms with E-state index in [4.69, 9.17) is 4.74 Å². The van der Waals surface area contributed by atoms with Gasteiger partial charge in [-0.15, -0.1) is 0 Å². The van der Waals surface area contributed by atoms with E-state index in [1.807, 2.05) is 4.90 Å². The zero-order valence-corrected chi connectivity index (χ0v) is 19.3. The Morgan fingerprint density at radius 2 is 1.97 bits per heavy atom. The first-order valence-electron chi connectivity index (χ1n) is 10.8. The lowest BCUT2D eigenvalue weighted by Gasteiger charge is -2.45. The Morgan fingerprint density at radius 3 is 2.65 bits per heavy atom. The number of ether oxygens (including phenoxy) is 1. The Bertz CT molecular complexity index is 916. The van der Waals surface area contributed by atoms with Crippen LogP contribution >= 0.6 is 0 Å². The number of nitrogens with one attached hydrogen (secondary N) is 1. The first-order chi connectivity index (χ1) is 14.8. The molecule has 2 amide bonds. The molecule has 2 aliphatic rings. The molecular formula is C21H32N4O5S. The van der Waals surface area contributed by atoms with Crippen molar-refractivity contribution in [3.05, 3.63) is 18.2 Å². The van der Waals surface area contributed by atoms with Crippen LogP contribution in [0.1, 0.15) is 33.1 Å². The minimum absolute atomic E-state index is 0.128. The number of rotatable bonds is 9. The molecule has 172 valence electrons. The molecule has 9 nitrogen and oxygen atoms in total. The van der Waals surface area contributed by atoms with Crippen molar-refractivity contribution >= 4 is 33.2 Å². The third-order valence-electron chi connectivity index (χ3n) is 5.87. The van der Waals surface area contributed by atoms with Crippen molar-refractivity contribution in [2.45, 2.75) is 44.0 Å². The van der Waals surface area contributed by atoms with Crippen LogP contribution in [-0.4, -0.2) is 77.0 Å². The normalized spacial score (nSPS) is 18.7. The van der Waals surface area contributed by atoms with E-state index in [0.29, 0.717) is 31.9 Å². The van der Waals surface area contributed by atoms with E-state index in [0.717, 1.165) is 31.5 Å². The number of hydrogen-bond acceptors (Lipinski definition) is 6. The first-order valence-corrected chi connectivity index (χ1v) is 12.3. The van der Waals surface area contributed by atoms with E-state index in [2.05, 4.69) is 5.32 Å². The van der Waals surface area contributed by atoms with Gasteiger partial charge in [0, 0.05) is 33.3 Å². The van der Waals surface area contributed by atoms with Crippen LogP contribution in [-0.2, 0) is 24.3 Å². The number of fused-ring (bicyclic) bond motifs is 3. The fraction of sp³-hybridized carbons (Fsp3) is 0.619. The lowest BCUT2D eigenvalue weighted by atomic mass is 9.96. The maximum Gasteiger partial charge on any atom is 0.250 e. The summed E-state index contributed by atoms with van der Waals surface area (Å²) >= 11 is 0. The topological polar surface area (TPSA) is 99.3 Å². The molecule has 1 atom stereocenters. The first kappa shape index (κ1) is 23.5. The maximum atomic E-state index is 13.3. The van der Waals surface area contributed by atoms with Crippen LogP contribution in [0.4, 0.5) is 11.4 Å². The molecule has 1 aromatic rings. The van der Waals surface area contributed by atoms with Gasteiger partial charge >= 0.3 is 0 Å². The molecule has 1 N–H and O–H groups in total. The quantitative estimate of drug-likeness (QED) is 0.565. The van der Waals surface area contributed by atoms with Gasteiger partial charge in [-0.25, -0.2) is 8.42 Å². The zero-order valence-electron chi connectivity index (χ0n) is 18.5. The Kier molecular flexibility index (Phi) is 7.55. The maximum absolute atomic E-state index is 13.3. The summed E-state index contributed by atoms with van der Waals surface area (Å²) in [6.45, 7) is 5.59. The van der Waals surface area contributed by atoms with E-state index in [1.165, 1.54) is 15.3 Å². The standard InChI is InChI=1S/C21H32N4O5S/c1-4-23(5-2)31(28,29)16-9-10-17-19(14-16)25(15-20(26)22-11-13-30-3)21(27)18-8-6-7-12-24(17)18/h9-10,14,18H,4-8,11-13,15H2,1-3H3,(H,22,26)/t18-/m1/s1. The highest BCUT2D eigenvalue weighted by molar-refractivity contribution is 7.89. The van der Waals surface area contributed by atoms with Gasteiger partial charge in [-0.05, 0) is 37.5 Å². The summed E-state index contributed by atoms with van der Waals surface area (Å²) in [5.41, 5.74) is 1.27. The Balaban J connectivity index is 2.00. The largest absolute Gasteiger partial charge is 0.383 e. The van der Waals surface area contributed by atoms with Gasteiger partial charge in [0.25, 0.3) is 0 Å². The highest BCUT2D eigenvalue weighted by Crippen LogP contribution is 2.40. The molecule has 0 saturated carbocycles. The van der Waals surface area contributed by atoms with Crippen molar-refractivity contribution in [1.29, 1.82) is 0 Å². The monoisotopic (exact) mass is 452 g/mol. The summed E-state index contributed by atoms with van der Waals surface area (Å²) in [4.78, 5) is 29.4. The van der Waals surface area contributed by atoms with Gasteiger partial charge in [0.05, 0.1) is 22.9 Å². The fourth-order valence-corrected chi connectivity index (χ4v) is 5.74. The summed E-state index contributed by atoms with van der Waals surface area (Å²) < 4.78 is 32.5. The molecule has 2 aliphatic heterocycles. The summed E-state index contributed by atoms with van der Waals surface area (Å²) in [6.07, 6.45) is 2.64. The van der Waals surface area contributed by atoms with E-state index in [-0.39, 0.29) is 29.3 Å². The minimum Gasteiger partial charge on any atom is -0.383 e. The van der Waals surface area contributed by atoms with Crippen molar-refractivity contribution in [1.82, 2.24) is 9.62 Å². The number of methoxy groups -OCH3 is 1. The van der Waals surface area contributed by atoms with Gasteiger partial charge in [0.15, 0.2) is 0 Å². The van der Waals surface area contributed by atoms with E-state index in [1.54, 1.807) is 33.1 Å². The SMILES string of the molecule is CCN(CC)S(=O)(=O)c1ccc2c(c1)N(CC(=O)NCCOC)C(=O)[C@H]1CCCCN21. The number of sulfonamides is 1. The van der Waals surface area contributed by atoms with Crippen LogP contribution in [0.5, 0.6) is 0 Å². The molecule has 0 spiro atoms. The predicted octanol–water partition coefficient (Wildman–Crippen LogP) is 1.19. The van der Waals surface area contributed by atoms with Crippen LogP contribution in [0.15, 0.2) is 23.1 Å². The van der Waals surface area contributed by atoms with Crippen molar-refractivity contribution in [3.63, 3.8) is 0 Å². The van der Waals surface area contributed by atoms with Gasteiger partial charge < -0.3 is 15.0 Å². The third kappa shape index (κ3) is 4.70. The molecule has 0 unspecified atom stereocenters. The summed E-state index contributed by atoms with van der Waals surface area (Å²) in [5.74, 6) is -0.468. The van der Waals surface area contributed by atoms with Crippen LogP contribution in [0.2, 0.25) is 0 Å². The third-order valence-corrected chi connectivity index (χ3v) is 7.92. The van der Waals surface area contributed by atoms with Gasteiger partial charge in [0.2, 0.25) is 21.8 Å². The van der Waals surface area contributed by atoms with Crippen molar-refractivity contribution in [3.8, 4) is 0 Å². The molecule has 0 aliphatic carbocycles. The number of carbonyl (C=O) groups excluding carboxylic acids is 2. The number of benzene rings is 1. The second-order valence-electron chi connectivity index (χ2n) is 7.71. The molecule has 0 aromatic heterocycles. The molecule has 2 heterocycles. The van der Waals surface area contributed by atoms with Crippen LogP contribution < -0.4 is 15.1 Å². The molecule has 1 saturated heterocycles. The molecular weight excluding hydrogens is 420 g/mol. The fourth-order valence-electron chi connectivity index (χ4n) is 4.27. The van der Waals surface area contributed by atoms with Gasteiger partial charge in [-0.1, -0.05) is 13.8 Å². The predicted molar refractivity (Wildman–Crippen MR) is 119 cm³/mol. The average molecular weight is 453 g/mol. The van der Waals surface area contributed by atoms with E-state index in [9.17, 15) is 18.0 Å². The molecule has 31 heavy (non-hydrogen) atoms. The Labute approximate surface area is 184 Å². The summed E-state index contributed by atoms with van der Waals surface area (Å²) in [6, 6.07) is 4.59. The Morgan fingerprint density at radius 1 is 1.23 bits per heavy atom. The molecule has 3 rings (SSSR count). The summed E-state index contributed by atoms with van der Waals surface area (Å²) in [7, 11) is -2.14. The lowest BCUT2D eigenvalue weighted by Crippen LogP contribution is -2.57. The van der Waals surface area contributed by atoms with Crippen LogP contribution in [0, 0.1) is 0 Å². The van der Waals surface area contributed by atoms with Crippen LogP contribution in [0.25, 0.3) is 0 Å². The van der Waals surface area contributed by atoms with Crippen molar-refractivity contribution < 1.29 is 22.7 Å². The number of nitrogens with zero attached hydrogens (tertiary/aromatic N) is 3. The smallest absolute Gasteiger partial charge is 0.250 e. The average Bonchev–Trinajstić information content (AvgIpc) is 2.77. The zero-order chi connectivity index (χ0) is 22.6. The number of hydrogen-bond donors (Lipinski definition) is 1. The summed E-state index contributed by atoms with van der Waals surface area (Å²) in [5, 5.41) is 2.74. The Hall–Kier alpha value is -2.17. The molecule has 10 heteroatoms. The van der Waals surface area contributed by atoms with E-state index >= 15 is 0 Å². The number of carbonyl (C=O) groups is 2. The number of amides is 2. The minimum atomic E-state index is -3.69. The number of piperidine rings is 1. The molecule has 0 bridgehead atoms. The van der Waals surface area contributed by atoms with Crippen molar-refractivity contribution in [2.24, 2.45) is 0 Å².